The summed E-state index contributed by atoms with van der Waals surface area (Å²) in [6, 6.07) is 9.59. The fourth-order valence-corrected chi connectivity index (χ4v) is 1.84. The second kappa shape index (κ2) is 9.82. The van der Waals surface area contributed by atoms with Crippen LogP contribution in [0.2, 0.25) is 0 Å². The average Bonchev–Trinajstić information content (AvgIpc) is 2.41. The normalized spacial score (nSPS) is 12.6. The minimum absolute atomic E-state index is 0.336. The zero-order chi connectivity index (χ0) is 13.9. The van der Waals surface area contributed by atoms with Crippen molar-refractivity contribution < 1.29 is 9.84 Å². The van der Waals surface area contributed by atoms with Crippen LogP contribution in [0.5, 0.6) is 5.75 Å². The van der Waals surface area contributed by atoms with Crippen molar-refractivity contribution in [1.82, 2.24) is 5.32 Å². The molecular formula is C16H27NO2. The van der Waals surface area contributed by atoms with E-state index in [4.69, 9.17) is 4.74 Å². The van der Waals surface area contributed by atoms with Gasteiger partial charge in [-0.05, 0) is 31.0 Å². The minimum Gasteiger partial charge on any atom is -0.491 e. The number of ether oxygens (including phenoxy) is 1. The molecule has 0 saturated heterocycles. The number of hydrogen-bond donors (Lipinski definition) is 2. The Kier molecular flexibility index (Phi) is 8.26. The van der Waals surface area contributed by atoms with E-state index in [1.165, 1.54) is 19.3 Å². The van der Waals surface area contributed by atoms with Crippen molar-refractivity contribution in [3.8, 4) is 5.75 Å². The number of aliphatic hydroxyl groups excluding tert-OH is 1. The highest BCUT2D eigenvalue weighted by Crippen LogP contribution is 2.08. The third-order valence-electron chi connectivity index (χ3n) is 2.95. The van der Waals surface area contributed by atoms with Gasteiger partial charge in [0.1, 0.15) is 18.5 Å². The SMILES string of the molecule is CC(C)CCCCNCC(O)COc1ccccc1. The first kappa shape index (κ1) is 16.0. The topological polar surface area (TPSA) is 41.5 Å². The van der Waals surface area contributed by atoms with Gasteiger partial charge in [0.05, 0.1) is 0 Å². The molecule has 0 radical (unpaired) electrons. The van der Waals surface area contributed by atoms with Crippen LogP contribution in [-0.2, 0) is 0 Å². The van der Waals surface area contributed by atoms with E-state index in [9.17, 15) is 5.11 Å². The van der Waals surface area contributed by atoms with Crippen molar-refractivity contribution >= 4 is 0 Å². The predicted octanol–water partition coefficient (Wildman–Crippen LogP) is 2.84. The van der Waals surface area contributed by atoms with E-state index in [1.807, 2.05) is 30.3 Å². The molecule has 0 saturated carbocycles. The fraction of sp³-hybridized carbons (Fsp3) is 0.625. The van der Waals surface area contributed by atoms with Gasteiger partial charge in [0.25, 0.3) is 0 Å². The Morgan fingerprint density at radius 2 is 1.89 bits per heavy atom. The van der Waals surface area contributed by atoms with Crippen molar-refractivity contribution in [1.29, 1.82) is 0 Å². The third kappa shape index (κ3) is 8.62. The Morgan fingerprint density at radius 3 is 2.58 bits per heavy atom. The monoisotopic (exact) mass is 265 g/mol. The fourth-order valence-electron chi connectivity index (χ4n) is 1.84. The van der Waals surface area contributed by atoms with Crippen LogP contribution < -0.4 is 10.1 Å². The van der Waals surface area contributed by atoms with E-state index in [-0.39, 0.29) is 0 Å². The van der Waals surface area contributed by atoms with Gasteiger partial charge in [0.15, 0.2) is 0 Å². The summed E-state index contributed by atoms with van der Waals surface area (Å²) in [6.07, 6.45) is 3.25. The maximum atomic E-state index is 9.77. The molecule has 0 aromatic heterocycles. The van der Waals surface area contributed by atoms with Crippen LogP contribution in [0.25, 0.3) is 0 Å². The molecule has 0 aliphatic rings. The second-order valence-corrected chi connectivity index (χ2v) is 5.37. The van der Waals surface area contributed by atoms with Crippen molar-refractivity contribution in [2.75, 3.05) is 19.7 Å². The van der Waals surface area contributed by atoms with Gasteiger partial charge in [-0.25, -0.2) is 0 Å². The first-order chi connectivity index (χ1) is 9.18. The van der Waals surface area contributed by atoms with Crippen LogP contribution in [-0.4, -0.2) is 30.9 Å². The summed E-state index contributed by atoms with van der Waals surface area (Å²) in [5.41, 5.74) is 0. The van der Waals surface area contributed by atoms with Crippen LogP contribution >= 0.6 is 0 Å². The summed E-state index contributed by atoms with van der Waals surface area (Å²) in [6.45, 7) is 6.39. The molecule has 1 atom stereocenters. The lowest BCUT2D eigenvalue weighted by Crippen LogP contribution is -2.32. The molecule has 0 aliphatic carbocycles. The molecule has 108 valence electrons. The predicted molar refractivity (Wildman–Crippen MR) is 79.5 cm³/mol. The number of benzene rings is 1. The van der Waals surface area contributed by atoms with Crippen LogP contribution in [0.1, 0.15) is 33.1 Å². The number of rotatable bonds is 10. The Labute approximate surface area is 117 Å². The molecule has 0 aliphatic heterocycles. The molecule has 0 fully saturated rings. The molecule has 1 rings (SSSR count). The van der Waals surface area contributed by atoms with Crippen molar-refractivity contribution in [2.24, 2.45) is 5.92 Å². The van der Waals surface area contributed by atoms with Crippen molar-refractivity contribution in [3.05, 3.63) is 30.3 Å². The smallest absolute Gasteiger partial charge is 0.119 e. The quantitative estimate of drug-likeness (QED) is 0.639. The van der Waals surface area contributed by atoms with Crippen molar-refractivity contribution in [2.45, 2.75) is 39.2 Å². The summed E-state index contributed by atoms with van der Waals surface area (Å²) in [5.74, 6) is 1.59. The van der Waals surface area contributed by atoms with E-state index in [0.717, 1.165) is 18.2 Å². The van der Waals surface area contributed by atoms with Gasteiger partial charge in [0.2, 0.25) is 0 Å². The number of para-hydroxylation sites is 1. The van der Waals surface area contributed by atoms with Gasteiger partial charge in [-0.1, -0.05) is 44.9 Å². The van der Waals surface area contributed by atoms with Crippen LogP contribution in [0.3, 0.4) is 0 Å². The summed E-state index contributed by atoms with van der Waals surface area (Å²) in [7, 11) is 0. The lowest BCUT2D eigenvalue weighted by atomic mass is 10.1. The molecule has 0 bridgehead atoms. The zero-order valence-corrected chi connectivity index (χ0v) is 12.1. The number of hydrogen-bond acceptors (Lipinski definition) is 3. The molecule has 19 heavy (non-hydrogen) atoms. The molecule has 3 heteroatoms. The number of nitrogens with one attached hydrogen (secondary N) is 1. The molecule has 2 N–H and O–H groups in total. The van der Waals surface area contributed by atoms with Crippen LogP contribution in [0, 0.1) is 5.92 Å². The molecular weight excluding hydrogens is 238 g/mol. The average molecular weight is 265 g/mol. The Morgan fingerprint density at radius 1 is 1.16 bits per heavy atom. The van der Waals surface area contributed by atoms with Gasteiger partial charge < -0.3 is 15.2 Å². The lowest BCUT2D eigenvalue weighted by molar-refractivity contribution is 0.106. The Balaban J connectivity index is 1.98. The van der Waals surface area contributed by atoms with E-state index >= 15 is 0 Å². The van der Waals surface area contributed by atoms with Crippen LogP contribution in [0.4, 0.5) is 0 Å². The zero-order valence-electron chi connectivity index (χ0n) is 12.1. The lowest BCUT2D eigenvalue weighted by Gasteiger charge is -2.13. The van der Waals surface area contributed by atoms with Gasteiger partial charge in [0, 0.05) is 6.54 Å². The third-order valence-corrected chi connectivity index (χ3v) is 2.95. The molecule has 0 spiro atoms. The molecule has 3 nitrogen and oxygen atoms in total. The summed E-state index contributed by atoms with van der Waals surface area (Å²) in [4.78, 5) is 0. The van der Waals surface area contributed by atoms with E-state index < -0.39 is 6.10 Å². The first-order valence-electron chi connectivity index (χ1n) is 7.25. The molecule has 1 unspecified atom stereocenters. The standard InChI is InChI=1S/C16H27NO2/c1-14(2)8-6-7-11-17-12-15(18)13-19-16-9-4-3-5-10-16/h3-5,9-10,14-15,17-18H,6-8,11-13H2,1-2H3. The molecule has 1 aromatic carbocycles. The van der Waals surface area contributed by atoms with E-state index in [0.29, 0.717) is 13.2 Å². The molecule has 0 heterocycles. The highest BCUT2D eigenvalue weighted by Gasteiger charge is 2.04. The highest BCUT2D eigenvalue weighted by molar-refractivity contribution is 5.20. The number of aliphatic hydroxyl groups is 1. The Hall–Kier alpha value is -1.06. The summed E-state index contributed by atoms with van der Waals surface area (Å²) >= 11 is 0. The van der Waals surface area contributed by atoms with Gasteiger partial charge in [-0.2, -0.15) is 0 Å². The maximum Gasteiger partial charge on any atom is 0.119 e. The largest absolute Gasteiger partial charge is 0.491 e. The summed E-state index contributed by atoms with van der Waals surface area (Å²) in [5, 5.41) is 13.0. The summed E-state index contributed by atoms with van der Waals surface area (Å²) < 4.78 is 5.49. The second-order valence-electron chi connectivity index (χ2n) is 5.37. The Bertz CT molecular complexity index is 314. The van der Waals surface area contributed by atoms with Crippen molar-refractivity contribution in [3.63, 3.8) is 0 Å². The van der Waals surface area contributed by atoms with E-state index in [2.05, 4.69) is 19.2 Å². The van der Waals surface area contributed by atoms with E-state index in [1.54, 1.807) is 0 Å². The first-order valence-corrected chi connectivity index (χ1v) is 7.25. The minimum atomic E-state index is -0.453. The molecule has 1 aromatic rings. The maximum absolute atomic E-state index is 9.77. The number of unbranched alkanes of at least 4 members (excludes halogenated alkanes) is 1. The van der Waals surface area contributed by atoms with Crippen LogP contribution in [0.15, 0.2) is 30.3 Å². The highest BCUT2D eigenvalue weighted by atomic mass is 16.5. The van der Waals surface area contributed by atoms with Gasteiger partial charge in [-0.15, -0.1) is 0 Å². The van der Waals surface area contributed by atoms with Gasteiger partial charge >= 0.3 is 0 Å². The molecule has 0 amide bonds. The van der Waals surface area contributed by atoms with Gasteiger partial charge in [-0.3, -0.25) is 0 Å².